The fraction of sp³-hybridized carbons (Fsp3) is 0.722. The molecule has 1 fully saturated rings. The fourth-order valence-electron chi connectivity index (χ4n) is 3.30. The molecule has 0 aromatic rings. The summed E-state index contributed by atoms with van der Waals surface area (Å²) in [6.07, 6.45) is 8.05. The summed E-state index contributed by atoms with van der Waals surface area (Å²) in [5.41, 5.74) is 0. The summed E-state index contributed by atoms with van der Waals surface area (Å²) in [5, 5.41) is 11.4. The van der Waals surface area contributed by atoms with Crippen LogP contribution in [0.5, 0.6) is 0 Å². The predicted octanol–water partition coefficient (Wildman–Crippen LogP) is 0.766. The number of fused-ring (bicyclic) bond motifs is 1. The highest BCUT2D eigenvalue weighted by molar-refractivity contribution is 5.86. The van der Waals surface area contributed by atoms with Gasteiger partial charge in [0.1, 0.15) is 6.61 Å². The van der Waals surface area contributed by atoms with Crippen LogP contribution in [0.1, 0.15) is 44.9 Å². The van der Waals surface area contributed by atoms with Crippen molar-refractivity contribution in [2.45, 2.75) is 51.0 Å². The van der Waals surface area contributed by atoms with Crippen molar-refractivity contribution < 1.29 is 24.2 Å². The van der Waals surface area contributed by atoms with Gasteiger partial charge in [-0.3, -0.25) is 14.4 Å². The van der Waals surface area contributed by atoms with Crippen molar-refractivity contribution in [3.8, 4) is 0 Å². The monoisotopic (exact) mass is 352 g/mol. The van der Waals surface area contributed by atoms with E-state index in [-0.39, 0.29) is 50.0 Å². The number of ether oxygens (including phenoxy) is 1. The van der Waals surface area contributed by atoms with Crippen molar-refractivity contribution in [3.63, 3.8) is 0 Å². The number of cyclic esters (lactones) is 1. The number of carbonyl (C=O) groups is 3. The summed E-state index contributed by atoms with van der Waals surface area (Å²) in [7, 11) is 0. The summed E-state index contributed by atoms with van der Waals surface area (Å²) < 4.78 is 5.32. The zero-order chi connectivity index (χ0) is 18.1. The Hall–Kier alpha value is -1.89. The molecule has 0 bridgehead atoms. The highest BCUT2D eigenvalue weighted by atomic mass is 16.5. The molecule has 0 radical (unpaired) electrons. The van der Waals surface area contributed by atoms with Crippen LogP contribution in [-0.2, 0) is 19.1 Å². The van der Waals surface area contributed by atoms with Gasteiger partial charge in [-0.2, -0.15) is 0 Å². The minimum Gasteiger partial charge on any atom is -0.463 e. The average Bonchev–Trinajstić information content (AvgIpc) is 3.07. The summed E-state index contributed by atoms with van der Waals surface area (Å²) >= 11 is 0. The van der Waals surface area contributed by atoms with E-state index in [9.17, 15) is 14.4 Å². The van der Waals surface area contributed by atoms with Crippen LogP contribution in [0.3, 0.4) is 0 Å². The standard InChI is InChI=1S/C18H28N2O5/c21-11-9-19-16(22)12-14-6-3-1-2-4-8-17(23)25-13-15-7-5-10-20(15)18(14)24/h1,3,14-15,21H,2,4-13H2,(H,19,22)/b3-1+/t14-,15-/m0/s1. The zero-order valence-electron chi connectivity index (χ0n) is 14.6. The van der Waals surface area contributed by atoms with Gasteiger partial charge in [-0.05, 0) is 32.1 Å². The third-order valence-corrected chi connectivity index (χ3v) is 4.65. The Morgan fingerprint density at radius 3 is 2.96 bits per heavy atom. The highest BCUT2D eigenvalue weighted by Crippen LogP contribution is 2.24. The predicted molar refractivity (Wildman–Crippen MR) is 91.5 cm³/mol. The molecule has 25 heavy (non-hydrogen) atoms. The van der Waals surface area contributed by atoms with Gasteiger partial charge in [-0.25, -0.2) is 0 Å². The van der Waals surface area contributed by atoms with Crippen LogP contribution in [0, 0.1) is 5.92 Å². The number of aliphatic hydroxyl groups is 1. The first-order valence-corrected chi connectivity index (χ1v) is 9.10. The summed E-state index contributed by atoms with van der Waals surface area (Å²) in [6.45, 7) is 0.947. The van der Waals surface area contributed by atoms with Crippen LogP contribution >= 0.6 is 0 Å². The minimum atomic E-state index is -0.424. The molecule has 0 aromatic carbocycles. The number of nitrogens with zero attached hydrogens (tertiary/aromatic N) is 1. The molecule has 0 unspecified atom stereocenters. The van der Waals surface area contributed by atoms with E-state index >= 15 is 0 Å². The Morgan fingerprint density at radius 1 is 1.32 bits per heavy atom. The minimum absolute atomic E-state index is 0.0541. The smallest absolute Gasteiger partial charge is 0.305 e. The SMILES string of the molecule is O=C(C[C@@H]1C/C=C/CCCC(=O)OC[C@@H]2CCCN2C1=O)NCCO. The lowest BCUT2D eigenvalue weighted by atomic mass is 9.98. The summed E-state index contributed by atoms with van der Waals surface area (Å²) in [6, 6.07) is -0.0933. The normalized spacial score (nSPS) is 26.7. The Labute approximate surface area is 148 Å². The number of allylic oxidation sites excluding steroid dienone is 2. The van der Waals surface area contributed by atoms with Gasteiger partial charge in [-0.1, -0.05) is 12.2 Å². The number of amides is 2. The first kappa shape index (κ1) is 19.4. The van der Waals surface area contributed by atoms with Crippen molar-refractivity contribution >= 4 is 17.8 Å². The molecular formula is C18H28N2O5. The molecule has 7 heteroatoms. The van der Waals surface area contributed by atoms with E-state index in [2.05, 4.69) is 5.32 Å². The number of hydrogen-bond donors (Lipinski definition) is 2. The maximum atomic E-state index is 12.9. The molecule has 2 aliphatic rings. The maximum absolute atomic E-state index is 12.9. The number of nitrogens with one attached hydrogen (secondary N) is 1. The first-order valence-electron chi connectivity index (χ1n) is 9.10. The van der Waals surface area contributed by atoms with E-state index in [0.29, 0.717) is 19.4 Å². The van der Waals surface area contributed by atoms with Gasteiger partial charge < -0.3 is 20.1 Å². The molecule has 2 N–H and O–H groups in total. The molecule has 2 aliphatic heterocycles. The molecule has 2 atom stereocenters. The molecule has 1 saturated heterocycles. The van der Waals surface area contributed by atoms with E-state index in [4.69, 9.17) is 9.84 Å². The van der Waals surface area contributed by atoms with Crippen LogP contribution < -0.4 is 5.32 Å². The number of esters is 1. The van der Waals surface area contributed by atoms with E-state index in [0.717, 1.165) is 25.7 Å². The lowest BCUT2D eigenvalue weighted by Gasteiger charge is -2.28. The fourth-order valence-corrected chi connectivity index (χ4v) is 3.30. The Balaban J connectivity index is 2.07. The molecule has 2 rings (SSSR count). The molecule has 0 spiro atoms. The third-order valence-electron chi connectivity index (χ3n) is 4.65. The number of carbonyl (C=O) groups excluding carboxylic acids is 3. The average molecular weight is 352 g/mol. The topological polar surface area (TPSA) is 95.9 Å². The Morgan fingerprint density at radius 2 is 2.16 bits per heavy atom. The van der Waals surface area contributed by atoms with Crippen LogP contribution in [-0.4, -0.2) is 60.1 Å². The van der Waals surface area contributed by atoms with E-state index < -0.39 is 5.92 Å². The van der Waals surface area contributed by atoms with Crippen LogP contribution in [0.2, 0.25) is 0 Å². The van der Waals surface area contributed by atoms with Crippen molar-refractivity contribution in [1.82, 2.24) is 10.2 Å². The summed E-state index contributed by atoms with van der Waals surface area (Å²) in [5.74, 6) is -0.923. The van der Waals surface area contributed by atoms with Crippen LogP contribution in [0.25, 0.3) is 0 Å². The molecule has 0 aliphatic carbocycles. The first-order chi connectivity index (χ1) is 12.1. The van der Waals surface area contributed by atoms with Crippen LogP contribution in [0.15, 0.2) is 12.2 Å². The molecule has 0 aromatic heterocycles. The van der Waals surface area contributed by atoms with Gasteiger partial charge in [0.25, 0.3) is 0 Å². The highest BCUT2D eigenvalue weighted by Gasteiger charge is 2.34. The lowest BCUT2D eigenvalue weighted by Crippen LogP contribution is -2.43. The zero-order valence-corrected chi connectivity index (χ0v) is 14.6. The summed E-state index contributed by atoms with van der Waals surface area (Å²) in [4.78, 5) is 38.4. The third kappa shape index (κ3) is 6.16. The largest absolute Gasteiger partial charge is 0.463 e. The van der Waals surface area contributed by atoms with Crippen LogP contribution in [0.4, 0.5) is 0 Å². The molecule has 2 amide bonds. The van der Waals surface area contributed by atoms with Gasteiger partial charge in [0.2, 0.25) is 11.8 Å². The Kier molecular flexibility index (Phi) is 7.91. The molecule has 2 heterocycles. The van der Waals surface area contributed by atoms with E-state index in [1.807, 2.05) is 12.2 Å². The van der Waals surface area contributed by atoms with Crippen molar-refractivity contribution in [2.24, 2.45) is 5.92 Å². The van der Waals surface area contributed by atoms with Gasteiger partial charge in [0.15, 0.2) is 0 Å². The molecular weight excluding hydrogens is 324 g/mol. The molecule has 7 nitrogen and oxygen atoms in total. The van der Waals surface area contributed by atoms with Gasteiger partial charge >= 0.3 is 5.97 Å². The number of aliphatic hydroxyl groups excluding tert-OH is 1. The van der Waals surface area contributed by atoms with Crippen molar-refractivity contribution in [3.05, 3.63) is 12.2 Å². The van der Waals surface area contributed by atoms with Crippen molar-refractivity contribution in [1.29, 1.82) is 0 Å². The second kappa shape index (κ2) is 10.2. The Bertz CT molecular complexity index is 506. The number of hydrogen-bond acceptors (Lipinski definition) is 5. The van der Waals surface area contributed by atoms with E-state index in [1.54, 1.807) is 4.90 Å². The van der Waals surface area contributed by atoms with E-state index in [1.165, 1.54) is 0 Å². The van der Waals surface area contributed by atoms with Gasteiger partial charge in [0, 0.05) is 25.9 Å². The van der Waals surface area contributed by atoms with Crippen molar-refractivity contribution in [2.75, 3.05) is 26.3 Å². The second-order valence-electron chi connectivity index (χ2n) is 6.58. The molecule has 140 valence electrons. The van der Waals surface area contributed by atoms with Gasteiger partial charge in [0.05, 0.1) is 18.6 Å². The molecule has 0 saturated carbocycles. The maximum Gasteiger partial charge on any atom is 0.305 e. The lowest BCUT2D eigenvalue weighted by molar-refractivity contribution is -0.148. The van der Waals surface area contributed by atoms with Gasteiger partial charge in [-0.15, -0.1) is 0 Å². The quantitative estimate of drug-likeness (QED) is 0.575. The number of rotatable bonds is 4. The second-order valence-corrected chi connectivity index (χ2v) is 6.58.